The lowest BCUT2D eigenvalue weighted by Gasteiger charge is -2.14. The van der Waals surface area contributed by atoms with E-state index in [0.717, 1.165) is 40.0 Å². The van der Waals surface area contributed by atoms with Gasteiger partial charge in [0.25, 0.3) is 0 Å². The summed E-state index contributed by atoms with van der Waals surface area (Å²) in [6.45, 7) is 8.36. The molecule has 0 aliphatic heterocycles. The van der Waals surface area contributed by atoms with Crippen molar-refractivity contribution in [1.82, 2.24) is 15.0 Å². The first-order chi connectivity index (χ1) is 15.0. The van der Waals surface area contributed by atoms with E-state index in [1.54, 1.807) is 11.3 Å². The Morgan fingerprint density at radius 3 is 2.42 bits per heavy atom. The molecule has 0 saturated carbocycles. The van der Waals surface area contributed by atoms with E-state index in [0.29, 0.717) is 11.8 Å². The molecule has 4 rings (SSSR count). The zero-order valence-electron chi connectivity index (χ0n) is 18.4. The molecule has 4 aromatic rings. The van der Waals surface area contributed by atoms with E-state index in [1.165, 1.54) is 5.01 Å². The van der Waals surface area contributed by atoms with E-state index in [2.05, 4.69) is 49.6 Å². The third-order valence-corrected chi connectivity index (χ3v) is 5.94. The van der Waals surface area contributed by atoms with Crippen LogP contribution in [0.2, 0.25) is 0 Å². The van der Waals surface area contributed by atoms with Crippen LogP contribution in [0.4, 0.5) is 0 Å². The highest BCUT2D eigenvalue weighted by molar-refractivity contribution is 7.09. The number of ether oxygens (including phenoxy) is 1. The van der Waals surface area contributed by atoms with Crippen LogP contribution in [-0.4, -0.2) is 21.1 Å². The van der Waals surface area contributed by atoms with Crippen molar-refractivity contribution in [3.8, 4) is 17.1 Å². The van der Waals surface area contributed by atoms with Crippen molar-refractivity contribution in [1.29, 1.82) is 0 Å². The van der Waals surface area contributed by atoms with Gasteiger partial charge in [-0.2, -0.15) is 0 Å². The lowest BCUT2D eigenvalue weighted by molar-refractivity contribution is 0.234. The van der Waals surface area contributed by atoms with Crippen molar-refractivity contribution in [2.45, 2.75) is 46.1 Å². The van der Waals surface area contributed by atoms with Crippen LogP contribution in [0.5, 0.6) is 5.88 Å². The Labute approximate surface area is 187 Å². The normalized spacial score (nSPS) is 11.8. The standard InChI is InChI=1S/C26H27N3OS/c1-17(2)26-27-21(16-31-26)12-8-10-19-9-7-11-20(15-19)24-25(30-18(3)4)29-23-14-6-5-13-22(23)28-24/h5-11,13-18H,12H2,1-4H3/b10-8+. The van der Waals surface area contributed by atoms with E-state index in [-0.39, 0.29) is 6.10 Å². The molecule has 0 amide bonds. The van der Waals surface area contributed by atoms with E-state index < -0.39 is 0 Å². The van der Waals surface area contributed by atoms with Gasteiger partial charge in [-0.15, -0.1) is 11.3 Å². The third-order valence-electron chi connectivity index (χ3n) is 4.75. The van der Waals surface area contributed by atoms with Crippen LogP contribution in [0.15, 0.2) is 60.0 Å². The third kappa shape index (κ3) is 5.17. The summed E-state index contributed by atoms with van der Waals surface area (Å²) in [6.07, 6.45) is 5.14. The fourth-order valence-electron chi connectivity index (χ4n) is 3.26. The van der Waals surface area contributed by atoms with Crippen LogP contribution in [0.1, 0.15) is 49.9 Å². The molecule has 31 heavy (non-hydrogen) atoms. The Bertz CT molecular complexity index is 1210. The monoisotopic (exact) mass is 429 g/mol. The maximum atomic E-state index is 6.01. The quantitative estimate of drug-likeness (QED) is 0.320. The summed E-state index contributed by atoms with van der Waals surface area (Å²) < 4.78 is 6.01. The zero-order chi connectivity index (χ0) is 21.8. The minimum absolute atomic E-state index is 0.0196. The predicted octanol–water partition coefficient (Wildman–Crippen LogP) is 6.92. The van der Waals surface area contributed by atoms with Crippen LogP contribution >= 0.6 is 11.3 Å². The smallest absolute Gasteiger partial charge is 0.241 e. The van der Waals surface area contributed by atoms with Crippen molar-refractivity contribution in [3.05, 3.63) is 76.3 Å². The van der Waals surface area contributed by atoms with Gasteiger partial charge in [-0.1, -0.05) is 56.3 Å². The molecule has 0 aliphatic carbocycles. The van der Waals surface area contributed by atoms with E-state index >= 15 is 0 Å². The summed E-state index contributed by atoms with van der Waals surface area (Å²) in [6, 6.07) is 16.2. The highest BCUT2D eigenvalue weighted by Gasteiger charge is 2.14. The lowest BCUT2D eigenvalue weighted by Crippen LogP contribution is -2.09. The van der Waals surface area contributed by atoms with Crippen LogP contribution < -0.4 is 4.74 Å². The highest BCUT2D eigenvalue weighted by atomic mass is 32.1. The van der Waals surface area contributed by atoms with Crippen LogP contribution in [-0.2, 0) is 6.42 Å². The molecule has 0 radical (unpaired) electrons. The average molecular weight is 430 g/mol. The average Bonchev–Trinajstić information content (AvgIpc) is 3.22. The van der Waals surface area contributed by atoms with Gasteiger partial charge in [-0.3, -0.25) is 0 Å². The summed E-state index contributed by atoms with van der Waals surface area (Å²) >= 11 is 1.74. The second-order valence-electron chi connectivity index (χ2n) is 8.10. The van der Waals surface area contributed by atoms with Crippen molar-refractivity contribution in [3.63, 3.8) is 0 Å². The number of hydrogen-bond acceptors (Lipinski definition) is 5. The first-order valence-electron chi connectivity index (χ1n) is 10.6. The molecular weight excluding hydrogens is 402 g/mol. The molecule has 0 atom stereocenters. The molecule has 0 spiro atoms. The first-order valence-corrected chi connectivity index (χ1v) is 11.5. The second kappa shape index (κ2) is 9.40. The molecule has 2 aromatic heterocycles. The Kier molecular flexibility index (Phi) is 6.42. The van der Waals surface area contributed by atoms with Crippen LogP contribution in [0, 0.1) is 0 Å². The number of nitrogens with zero attached hydrogens (tertiary/aromatic N) is 3. The largest absolute Gasteiger partial charge is 0.473 e. The molecule has 158 valence electrons. The van der Waals surface area contributed by atoms with Gasteiger partial charge in [-0.25, -0.2) is 15.0 Å². The molecule has 0 fully saturated rings. The molecule has 5 heteroatoms. The maximum Gasteiger partial charge on any atom is 0.241 e. The SMILES string of the molecule is CC(C)Oc1nc2ccccc2nc1-c1cccc(/C=C/Cc2csc(C(C)C)n2)c1. The summed E-state index contributed by atoms with van der Waals surface area (Å²) in [7, 11) is 0. The van der Waals surface area contributed by atoms with E-state index in [4.69, 9.17) is 19.7 Å². The van der Waals surface area contributed by atoms with Gasteiger partial charge < -0.3 is 4.74 Å². The predicted molar refractivity (Wildman–Crippen MR) is 130 cm³/mol. The molecule has 0 unspecified atom stereocenters. The minimum atomic E-state index is 0.0196. The Morgan fingerprint density at radius 1 is 0.935 bits per heavy atom. The van der Waals surface area contributed by atoms with Crippen LogP contribution in [0.25, 0.3) is 28.4 Å². The number of rotatable bonds is 7. The molecule has 2 heterocycles. The fraction of sp³-hybridized carbons (Fsp3) is 0.269. The van der Waals surface area contributed by atoms with Crippen molar-refractivity contribution < 1.29 is 4.74 Å². The number of benzene rings is 2. The first kappa shape index (κ1) is 21.2. The Morgan fingerprint density at radius 2 is 1.71 bits per heavy atom. The van der Waals surface area contributed by atoms with Crippen LogP contribution in [0.3, 0.4) is 0 Å². The van der Waals surface area contributed by atoms with Gasteiger partial charge in [0, 0.05) is 23.3 Å². The van der Waals surface area contributed by atoms with Gasteiger partial charge in [0.2, 0.25) is 5.88 Å². The van der Waals surface area contributed by atoms with E-state index in [1.807, 2.05) is 44.2 Å². The highest BCUT2D eigenvalue weighted by Crippen LogP contribution is 2.30. The fourth-order valence-corrected chi connectivity index (χ4v) is 4.11. The Balaban J connectivity index is 1.61. The summed E-state index contributed by atoms with van der Waals surface area (Å²) in [5, 5.41) is 3.34. The lowest BCUT2D eigenvalue weighted by atomic mass is 10.1. The molecule has 2 aromatic carbocycles. The van der Waals surface area contributed by atoms with Gasteiger partial charge in [0.05, 0.1) is 27.8 Å². The van der Waals surface area contributed by atoms with Gasteiger partial charge in [0.15, 0.2) is 0 Å². The molecule has 0 N–H and O–H groups in total. The van der Waals surface area contributed by atoms with Gasteiger partial charge in [-0.05, 0) is 37.6 Å². The van der Waals surface area contributed by atoms with Gasteiger partial charge in [0.1, 0.15) is 5.69 Å². The number of para-hydroxylation sites is 2. The van der Waals surface area contributed by atoms with E-state index in [9.17, 15) is 0 Å². The number of thiazole rings is 1. The molecule has 0 bridgehead atoms. The minimum Gasteiger partial charge on any atom is -0.473 e. The van der Waals surface area contributed by atoms with Crippen molar-refractivity contribution >= 4 is 28.4 Å². The second-order valence-corrected chi connectivity index (χ2v) is 8.99. The van der Waals surface area contributed by atoms with Crippen molar-refractivity contribution in [2.24, 2.45) is 0 Å². The van der Waals surface area contributed by atoms with Crippen molar-refractivity contribution in [2.75, 3.05) is 0 Å². The number of allylic oxidation sites excluding steroid dienone is 1. The molecule has 4 nitrogen and oxygen atoms in total. The summed E-state index contributed by atoms with van der Waals surface area (Å²) in [4.78, 5) is 14.3. The summed E-state index contributed by atoms with van der Waals surface area (Å²) in [5.41, 5.74) is 5.69. The molecular formula is C26H27N3OS. The number of fused-ring (bicyclic) bond motifs is 1. The summed E-state index contributed by atoms with van der Waals surface area (Å²) in [5.74, 6) is 1.04. The topological polar surface area (TPSA) is 47.9 Å². The number of hydrogen-bond donors (Lipinski definition) is 0. The maximum absolute atomic E-state index is 6.01. The zero-order valence-corrected chi connectivity index (χ0v) is 19.2. The molecule has 0 saturated heterocycles. The Hall–Kier alpha value is -3.05. The van der Waals surface area contributed by atoms with Gasteiger partial charge >= 0.3 is 0 Å². The molecule has 0 aliphatic rings. The number of aromatic nitrogens is 3.